The number of halogens is 3. The summed E-state index contributed by atoms with van der Waals surface area (Å²) in [6.45, 7) is 16.8. The number of hydrogen-bond donors (Lipinski definition) is 0. The Kier molecular flexibility index (Phi) is 12.2. The minimum absolute atomic E-state index is 0.271. The zero-order valence-corrected chi connectivity index (χ0v) is 29.7. The number of rotatable bonds is 2. The summed E-state index contributed by atoms with van der Waals surface area (Å²) >= 11 is 2.11. The highest BCUT2D eigenvalue weighted by atomic mass is 127. The highest BCUT2D eigenvalue weighted by Crippen LogP contribution is 2.17. The summed E-state index contributed by atoms with van der Waals surface area (Å²) in [6.07, 6.45) is 8.72. The molecular formula is C32H33F2IN6Si2. The van der Waals surface area contributed by atoms with Gasteiger partial charge in [-0.1, -0.05) is 45.2 Å². The van der Waals surface area contributed by atoms with E-state index in [4.69, 9.17) is 16.9 Å². The van der Waals surface area contributed by atoms with Crippen LogP contribution in [0.15, 0.2) is 48.8 Å². The maximum Gasteiger partial charge on any atom is 0.138 e. The van der Waals surface area contributed by atoms with Crippen LogP contribution >= 0.6 is 22.6 Å². The fraction of sp³-hybridized carbons (Fsp3) is 0.250. The van der Waals surface area contributed by atoms with Gasteiger partial charge in [-0.2, -0.15) is 20.7 Å². The first kappa shape index (κ1) is 35.2. The Hall–Kier alpha value is -4.02. The molecule has 6 nitrogen and oxygen atoms in total. The van der Waals surface area contributed by atoms with E-state index in [9.17, 15) is 8.78 Å². The number of aryl methyl sites for hydroxylation is 2. The standard InChI is InChI=1S/C16H16FN3Si.C11H7FIN3.C5H10Si/c1-12-11-20(19-16(12)5-6-21(2,3)4)15-8-13(10-18)7-14(17)9-15;1-7-6-16(15-11(7)13)10-3-8(5-14)2-9(12)4-10;1-5-6(2,3)4/h7-9,11H,1-4H3;2-4,6H,1H3;1H,2-4H3. The largest absolute Gasteiger partial charge is 0.239 e. The van der Waals surface area contributed by atoms with Gasteiger partial charge in [-0.05, 0) is 72.8 Å². The van der Waals surface area contributed by atoms with Crippen molar-refractivity contribution in [1.82, 2.24) is 19.6 Å². The molecule has 0 aliphatic heterocycles. The molecule has 0 aliphatic carbocycles. The van der Waals surface area contributed by atoms with Crippen LogP contribution in [0.5, 0.6) is 0 Å². The maximum atomic E-state index is 13.5. The Bertz CT molecular complexity index is 1780. The number of terminal acetylenes is 1. The summed E-state index contributed by atoms with van der Waals surface area (Å²) in [5.74, 6) is 2.22. The lowest BCUT2D eigenvalue weighted by atomic mass is 10.2. The third-order valence-corrected chi connectivity index (χ3v) is 8.08. The van der Waals surface area contributed by atoms with Gasteiger partial charge in [0.1, 0.15) is 37.2 Å². The van der Waals surface area contributed by atoms with Gasteiger partial charge in [-0.3, -0.25) is 0 Å². The van der Waals surface area contributed by atoms with Crippen LogP contribution in [0, 0.1) is 75.3 Å². The number of hydrogen-bond acceptors (Lipinski definition) is 4. The second kappa shape index (κ2) is 14.9. The molecule has 43 heavy (non-hydrogen) atoms. The van der Waals surface area contributed by atoms with Crippen molar-refractivity contribution in [2.45, 2.75) is 53.1 Å². The van der Waals surface area contributed by atoms with E-state index in [1.165, 1.54) is 24.3 Å². The van der Waals surface area contributed by atoms with Crippen molar-refractivity contribution in [2.24, 2.45) is 0 Å². The molecule has 0 fully saturated rings. The van der Waals surface area contributed by atoms with Crippen molar-refractivity contribution in [1.29, 1.82) is 10.5 Å². The second-order valence-electron chi connectivity index (χ2n) is 11.7. The Morgan fingerprint density at radius 1 is 0.744 bits per heavy atom. The van der Waals surface area contributed by atoms with Gasteiger partial charge in [-0.25, -0.2) is 18.1 Å². The Labute approximate surface area is 268 Å². The SMILES string of the molecule is C#C[Si](C)(C)C.Cc1cn(-c2cc(F)cc(C#N)c2)nc1C#C[Si](C)(C)C.Cc1cn(-c2cc(F)cc(C#N)c2)nc1I. The average molecular weight is 723 g/mol. The van der Waals surface area contributed by atoms with Crippen LogP contribution in [-0.2, 0) is 0 Å². The minimum atomic E-state index is -1.47. The molecule has 0 bridgehead atoms. The number of benzene rings is 2. The lowest BCUT2D eigenvalue weighted by Crippen LogP contribution is -2.16. The molecule has 2 aromatic heterocycles. The lowest BCUT2D eigenvalue weighted by Gasteiger charge is -2.03. The van der Waals surface area contributed by atoms with Crippen LogP contribution in [0.4, 0.5) is 8.78 Å². The van der Waals surface area contributed by atoms with Gasteiger partial charge < -0.3 is 0 Å². The highest BCUT2D eigenvalue weighted by Gasteiger charge is 2.11. The number of nitrogens with zero attached hydrogens (tertiary/aromatic N) is 6. The van der Waals surface area contributed by atoms with Crippen molar-refractivity contribution in [2.75, 3.05) is 0 Å². The summed E-state index contributed by atoms with van der Waals surface area (Å²) in [4.78, 5) is 0. The second-order valence-corrected chi connectivity index (χ2v) is 22.2. The van der Waals surface area contributed by atoms with E-state index in [1.54, 1.807) is 33.9 Å². The van der Waals surface area contributed by atoms with Crippen LogP contribution in [0.3, 0.4) is 0 Å². The first-order chi connectivity index (χ1) is 19.9. The van der Waals surface area contributed by atoms with E-state index < -0.39 is 27.8 Å². The molecule has 0 aliphatic rings. The molecule has 0 unspecified atom stereocenters. The monoisotopic (exact) mass is 722 g/mol. The van der Waals surface area contributed by atoms with E-state index in [2.05, 4.69) is 89.1 Å². The number of aromatic nitrogens is 4. The molecule has 0 N–H and O–H groups in total. The summed E-state index contributed by atoms with van der Waals surface area (Å²) in [5, 5.41) is 26.3. The molecule has 220 valence electrons. The zero-order valence-electron chi connectivity index (χ0n) is 25.5. The van der Waals surface area contributed by atoms with Crippen molar-refractivity contribution in [3.8, 4) is 46.9 Å². The van der Waals surface area contributed by atoms with Crippen molar-refractivity contribution < 1.29 is 8.78 Å². The molecule has 4 rings (SSSR count). The van der Waals surface area contributed by atoms with Gasteiger partial charge in [0, 0.05) is 23.5 Å². The fourth-order valence-corrected chi connectivity index (χ4v) is 3.94. The molecule has 0 spiro atoms. The zero-order chi connectivity index (χ0) is 32.5. The van der Waals surface area contributed by atoms with Gasteiger partial charge >= 0.3 is 0 Å². The molecule has 0 saturated heterocycles. The van der Waals surface area contributed by atoms with Crippen LogP contribution in [0.2, 0.25) is 39.3 Å². The van der Waals surface area contributed by atoms with Crippen LogP contribution in [0.25, 0.3) is 11.4 Å². The van der Waals surface area contributed by atoms with E-state index in [0.29, 0.717) is 17.1 Å². The van der Waals surface area contributed by atoms with Gasteiger partial charge in [-0.15, -0.1) is 17.5 Å². The normalized spacial score (nSPS) is 10.4. The van der Waals surface area contributed by atoms with Crippen molar-refractivity contribution in [3.05, 3.63) is 92.1 Å². The predicted octanol–water partition coefficient (Wildman–Crippen LogP) is 7.71. The molecule has 0 radical (unpaired) electrons. The minimum Gasteiger partial charge on any atom is -0.239 e. The van der Waals surface area contributed by atoms with E-state index in [0.717, 1.165) is 14.8 Å². The van der Waals surface area contributed by atoms with E-state index >= 15 is 0 Å². The van der Waals surface area contributed by atoms with Crippen LogP contribution in [-0.4, -0.2) is 35.7 Å². The highest BCUT2D eigenvalue weighted by molar-refractivity contribution is 14.1. The molecule has 4 aromatic rings. The van der Waals surface area contributed by atoms with E-state index in [-0.39, 0.29) is 11.1 Å². The fourth-order valence-electron chi connectivity index (χ4n) is 3.08. The van der Waals surface area contributed by atoms with Gasteiger partial charge in [0.25, 0.3) is 0 Å². The summed E-state index contributed by atoms with van der Waals surface area (Å²) in [5.41, 5.74) is 10.3. The van der Waals surface area contributed by atoms with E-state index in [1.807, 2.05) is 26.0 Å². The van der Waals surface area contributed by atoms with Crippen LogP contribution < -0.4 is 0 Å². The molecule has 0 saturated carbocycles. The summed E-state index contributed by atoms with van der Waals surface area (Å²) < 4.78 is 30.7. The third-order valence-electron chi connectivity index (χ3n) is 5.28. The molecular weight excluding hydrogens is 689 g/mol. The van der Waals surface area contributed by atoms with Crippen molar-refractivity contribution in [3.63, 3.8) is 0 Å². The lowest BCUT2D eigenvalue weighted by molar-refractivity contribution is 0.624. The molecule has 11 heteroatoms. The van der Waals surface area contributed by atoms with Gasteiger partial charge in [0.2, 0.25) is 0 Å². The molecule has 2 heterocycles. The molecule has 0 atom stereocenters. The third kappa shape index (κ3) is 11.6. The Morgan fingerprint density at radius 2 is 1.19 bits per heavy atom. The molecule has 2 aromatic carbocycles. The summed E-state index contributed by atoms with van der Waals surface area (Å²) in [7, 11) is -2.57. The van der Waals surface area contributed by atoms with Gasteiger partial charge in [0.15, 0.2) is 0 Å². The van der Waals surface area contributed by atoms with Crippen LogP contribution in [0.1, 0.15) is 27.9 Å². The maximum absolute atomic E-state index is 13.5. The van der Waals surface area contributed by atoms with Gasteiger partial charge in [0.05, 0.1) is 34.6 Å². The Balaban J connectivity index is 0.000000259. The predicted molar refractivity (Wildman–Crippen MR) is 181 cm³/mol. The average Bonchev–Trinajstić information content (AvgIpc) is 3.47. The van der Waals surface area contributed by atoms with Crippen molar-refractivity contribution >= 4 is 38.7 Å². The smallest absolute Gasteiger partial charge is 0.138 e. The topological polar surface area (TPSA) is 83.2 Å². The quantitative estimate of drug-likeness (QED) is 0.121. The first-order valence-electron chi connectivity index (χ1n) is 13.2. The Morgan fingerprint density at radius 3 is 1.56 bits per heavy atom. The number of nitriles is 2. The molecule has 0 amide bonds. The summed E-state index contributed by atoms with van der Waals surface area (Å²) in [6, 6.07) is 12.2. The first-order valence-corrected chi connectivity index (χ1v) is 21.2.